The molecule has 0 saturated carbocycles. The summed E-state index contributed by atoms with van der Waals surface area (Å²) in [5.41, 5.74) is 1.26. The average molecular weight is 421 g/mol. The molecule has 2 aromatic rings. The van der Waals surface area contributed by atoms with Gasteiger partial charge in [-0.3, -0.25) is 4.79 Å². The number of hydrogen-bond acceptors (Lipinski definition) is 5. The first-order valence-electron chi connectivity index (χ1n) is 11.1. The molecule has 4 heterocycles. The predicted molar refractivity (Wildman–Crippen MR) is 112 cm³/mol. The number of fused-ring (bicyclic) bond motifs is 5. The summed E-state index contributed by atoms with van der Waals surface area (Å²) in [4.78, 5) is 15.0. The molecule has 0 unspecified atom stereocenters. The number of benzene rings is 2. The van der Waals surface area contributed by atoms with E-state index in [1.54, 1.807) is 0 Å². The summed E-state index contributed by atoms with van der Waals surface area (Å²) in [6.45, 7) is 4.54. The van der Waals surface area contributed by atoms with Gasteiger partial charge in [-0.1, -0.05) is 48.5 Å². The summed E-state index contributed by atoms with van der Waals surface area (Å²) in [6, 6.07) is 19.8. The lowest BCUT2D eigenvalue weighted by Gasteiger charge is -2.55. The minimum Gasteiger partial charge on any atom is -0.478 e. The van der Waals surface area contributed by atoms with Gasteiger partial charge >= 0.3 is 0 Å². The molecule has 0 bridgehead atoms. The number of rotatable bonds is 4. The van der Waals surface area contributed by atoms with Gasteiger partial charge in [-0.15, -0.1) is 0 Å². The van der Waals surface area contributed by atoms with Crippen molar-refractivity contribution in [2.45, 2.75) is 56.7 Å². The zero-order valence-electron chi connectivity index (χ0n) is 17.7. The molecule has 4 aliphatic heterocycles. The van der Waals surface area contributed by atoms with Crippen LogP contribution in [0.2, 0.25) is 0 Å². The van der Waals surface area contributed by atoms with Crippen LogP contribution < -0.4 is 4.74 Å². The molecule has 31 heavy (non-hydrogen) atoms. The van der Waals surface area contributed by atoms with Crippen molar-refractivity contribution in [2.75, 3.05) is 6.54 Å². The van der Waals surface area contributed by atoms with Crippen LogP contribution in [-0.2, 0) is 25.4 Å². The van der Waals surface area contributed by atoms with Crippen molar-refractivity contribution in [3.63, 3.8) is 0 Å². The van der Waals surface area contributed by atoms with Crippen molar-refractivity contribution in [1.29, 1.82) is 0 Å². The van der Waals surface area contributed by atoms with Crippen LogP contribution >= 0.6 is 0 Å². The standard InChI is InChI=1S/C25H27NO5/c1-25(2)30-21-18-16(13-15-9-5-3-6-10-15)14-26-19(20(18)29-24(21)31-25)22(23(26)27)28-17-11-7-4-8-12-17/h3-12,16,18-22,24H,13-14H2,1-2H3/t16-,18-,19+,20-,21+,22-,24+/m0/s1. The summed E-state index contributed by atoms with van der Waals surface area (Å²) >= 11 is 0. The molecule has 6 heteroatoms. The topological polar surface area (TPSA) is 57.2 Å². The Morgan fingerprint density at radius 2 is 1.71 bits per heavy atom. The smallest absolute Gasteiger partial charge is 0.266 e. The van der Waals surface area contributed by atoms with Crippen LogP contribution in [0.1, 0.15) is 19.4 Å². The van der Waals surface area contributed by atoms with Crippen LogP contribution in [0.5, 0.6) is 5.75 Å². The highest BCUT2D eigenvalue weighted by Gasteiger charge is 2.67. The van der Waals surface area contributed by atoms with Gasteiger partial charge in [-0.2, -0.15) is 0 Å². The lowest BCUT2D eigenvalue weighted by molar-refractivity contribution is -0.241. The third kappa shape index (κ3) is 3.16. The second kappa shape index (κ2) is 7.05. The normalized spacial score (nSPS) is 37.5. The van der Waals surface area contributed by atoms with Crippen LogP contribution in [0.3, 0.4) is 0 Å². The lowest BCUT2D eigenvalue weighted by atomic mass is 9.70. The number of β-lactam (4-membered cyclic amide) rings is 1. The van der Waals surface area contributed by atoms with E-state index < -0.39 is 18.2 Å². The van der Waals surface area contributed by atoms with Crippen molar-refractivity contribution in [3.8, 4) is 5.75 Å². The van der Waals surface area contributed by atoms with Gasteiger partial charge in [0.15, 0.2) is 18.2 Å². The molecule has 4 fully saturated rings. The van der Waals surface area contributed by atoms with Crippen molar-refractivity contribution in [3.05, 3.63) is 66.2 Å². The molecular formula is C25H27NO5. The third-order valence-electron chi connectivity index (χ3n) is 6.99. The van der Waals surface area contributed by atoms with Gasteiger partial charge in [0.05, 0.1) is 6.10 Å². The van der Waals surface area contributed by atoms with Crippen LogP contribution in [-0.4, -0.2) is 53.8 Å². The molecule has 0 N–H and O–H groups in total. The first-order valence-corrected chi connectivity index (χ1v) is 11.1. The quantitative estimate of drug-likeness (QED) is 0.711. The van der Waals surface area contributed by atoms with Crippen LogP contribution in [0, 0.1) is 11.8 Å². The Morgan fingerprint density at radius 1 is 1.00 bits per heavy atom. The number of carbonyl (C=O) groups is 1. The number of carbonyl (C=O) groups excluding carboxylic acids is 1. The third-order valence-corrected chi connectivity index (χ3v) is 6.99. The maximum atomic E-state index is 13.0. The van der Waals surface area contributed by atoms with Gasteiger partial charge < -0.3 is 23.8 Å². The molecule has 7 atom stereocenters. The highest BCUT2D eigenvalue weighted by molar-refractivity contribution is 5.89. The van der Waals surface area contributed by atoms with Gasteiger partial charge in [0.1, 0.15) is 17.9 Å². The molecule has 0 spiro atoms. The minimum absolute atomic E-state index is 0.0354. The molecule has 6 rings (SSSR count). The lowest BCUT2D eigenvalue weighted by Crippen LogP contribution is -2.76. The van der Waals surface area contributed by atoms with E-state index in [9.17, 15) is 4.79 Å². The Morgan fingerprint density at radius 3 is 2.45 bits per heavy atom. The maximum absolute atomic E-state index is 13.0. The number of amides is 1. The minimum atomic E-state index is -0.663. The number of hydrogen-bond donors (Lipinski definition) is 0. The van der Waals surface area contributed by atoms with E-state index in [0.717, 1.165) is 6.42 Å². The first kappa shape index (κ1) is 19.3. The molecular weight excluding hydrogens is 394 g/mol. The summed E-state index contributed by atoms with van der Waals surface area (Å²) in [5, 5.41) is 0. The fourth-order valence-corrected chi connectivity index (χ4v) is 5.76. The predicted octanol–water partition coefficient (Wildman–Crippen LogP) is 3.01. The van der Waals surface area contributed by atoms with Gasteiger partial charge in [-0.05, 0) is 43.9 Å². The van der Waals surface area contributed by atoms with Gasteiger partial charge in [0, 0.05) is 12.5 Å². The Labute approximate surface area is 182 Å². The van der Waals surface area contributed by atoms with Gasteiger partial charge in [0.25, 0.3) is 5.91 Å². The van der Waals surface area contributed by atoms with Crippen LogP contribution in [0.25, 0.3) is 0 Å². The fourth-order valence-electron chi connectivity index (χ4n) is 5.76. The maximum Gasteiger partial charge on any atom is 0.266 e. The van der Waals surface area contributed by atoms with Crippen molar-refractivity contribution < 1.29 is 23.7 Å². The number of nitrogens with zero attached hydrogens (tertiary/aromatic N) is 1. The van der Waals surface area contributed by atoms with Crippen LogP contribution in [0.4, 0.5) is 0 Å². The van der Waals surface area contributed by atoms with E-state index in [2.05, 4.69) is 24.3 Å². The number of ether oxygens (including phenoxy) is 4. The molecule has 162 valence electrons. The van der Waals surface area contributed by atoms with E-state index in [1.165, 1.54) is 5.56 Å². The summed E-state index contributed by atoms with van der Waals surface area (Å²) in [5.74, 6) is 0.453. The molecule has 2 aromatic carbocycles. The molecule has 0 aromatic heterocycles. The van der Waals surface area contributed by atoms with Crippen molar-refractivity contribution in [2.24, 2.45) is 11.8 Å². The largest absolute Gasteiger partial charge is 0.478 e. The van der Waals surface area contributed by atoms with Crippen molar-refractivity contribution in [1.82, 2.24) is 4.90 Å². The number of para-hydroxylation sites is 1. The second-order valence-electron chi connectivity index (χ2n) is 9.43. The zero-order chi connectivity index (χ0) is 21.2. The van der Waals surface area contributed by atoms with E-state index in [-0.39, 0.29) is 36.0 Å². The molecule has 0 radical (unpaired) electrons. The Kier molecular flexibility index (Phi) is 4.39. The summed E-state index contributed by atoms with van der Waals surface area (Å²) in [7, 11) is 0. The van der Waals surface area contributed by atoms with E-state index in [4.69, 9.17) is 18.9 Å². The first-order chi connectivity index (χ1) is 15.0. The number of piperidine rings is 1. The summed E-state index contributed by atoms with van der Waals surface area (Å²) < 4.78 is 24.9. The molecule has 6 nitrogen and oxygen atoms in total. The van der Waals surface area contributed by atoms with Gasteiger partial charge in [0.2, 0.25) is 0 Å². The zero-order valence-corrected chi connectivity index (χ0v) is 17.7. The SMILES string of the molecule is CC1(C)O[C@H]2O[C@H]3[C@H]([C@@H](Cc4ccccc4)CN4C(=O)[C@@H](Oc5ccccc5)[C@@H]34)[C@H]2O1. The van der Waals surface area contributed by atoms with E-state index in [0.29, 0.717) is 12.3 Å². The summed E-state index contributed by atoms with van der Waals surface area (Å²) in [6.07, 6.45) is -0.362. The fraction of sp³-hybridized carbons (Fsp3) is 0.480. The second-order valence-corrected chi connectivity index (χ2v) is 9.43. The van der Waals surface area contributed by atoms with E-state index in [1.807, 2.05) is 55.1 Å². The Hall–Kier alpha value is -2.41. The monoisotopic (exact) mass is 421 g/mol. The van der Waals surface area contributed by atoms with Crippen LogP contribution in [0.15, 0.2) is 60.7 Å². The van der Waals surface area contributed by atoms with E-state index >= 15 is 0 Å². The highest BCUT2D eigenvalue weighted by atomic mass is 16.8. The highest BCUT2D eigenvalue weighted by Crippen LogP contribution is 2.51. The van der Waals surface area contributed by atoms with Gasteiger partial charge in [-0.25, -0.2) is 0 Å². The molecule has 4 saturated heterocycles. The molecule has 1 amide bonds. The Bertz CT molecular complexity index is 964. The van der Waals surface area contributed by atoms with Crippen molar-refractivity contribution >= 4 is 5.91 Å². The molecule has 4 aliphatic rings. The average Bonchev–Trinajstić information content (AvgIpc) is 3.24. The molecule has 0 aliphatic carbocycles. The Balaban J connectivity index is 1.29.